The number of nitrogens with one attached hydrogen (secondary N) is 1. The molecule has 0 spiro atoms. The van der Waals surface area contributed by atoms with Gasteiger partial charge in [0.05, 0.1) is 11.9 Å². The maximum atomic E-state index is 13.2. The number of aromatic hydroxyl groups is 1. The van der Waals surface area contributed by atoms with Gasteiger partial charge in [0.25, 0.3) is 5.56 Å². The molecule has 0 fully saturated rings. The smallest absolute Gasteiger partial charge is 0.335 e. The van der Waals surface area contributed by atoms with Crippen molar-refractivity contribution in [3.05, 3.63) is 50.7 Å². The lowest BCUT2D eigenvalue weighted by Gasteiger charge is -2.07. The average molecular weight is 237 g/mol. The summed E-state index contributed by atoms with van der Waals surface area (Å²) in [6.07, 6.45) is 1.29. The Morgan fingerprint density at radius 3 is 2.71 bits per heavy atom. The number of H-pyrrole nitrogens is 1. The van der Waals surface area contributed by atoms with Gasteiger partial charge < -0.3 is 5.11 Å². The standard InChI is InChI=1S/C10H8FN3O3/c1-5-2-3-6(4-12-5)14-9(16)7(11)8(15)13-10(14)17/h2-4,16H,1H3,(H,13,15,17). The van der Waals surface area contributed by atoms with Crippen molar-refractivity contribution in [1.29, 1.82) is 0 Å². The van der Waals surface area contributed by atoms with E-state index < -0.39 is 22.9 Å². The van der Waals surface area contributed by atoms with Crippen molar-refractivity contribution in [3.63, 3.8) is 0 Å². The van der Waals surface area contributed by atoms with E-state index >= 15 is 0 Å². The van der Waals surface area contributed by atoms with Crippen LogP contribution in [-0.2, 0) is 0 Å². The van der Waals surface area contributed by atoms with Crippen LogP contribution in [0.15, 0.2) is 27.9 Å². The van der Waals surface area contributed by atoms with E-state index in [4.69, 9.17) is 0 Å². The number of aromatic amines is 1. The van der Waals surface area contributed by atoms with Crippen LogP contribution in [0, 0.1) is 12.7 Å². The summed E-state index contributed by atoms with van der Waals surface area (Å²) < 4.78 is 13.8. The number of nitrogens with zero attached hydrogens (tertiary/aromatic N) is 2. The number of aromatic nitrogens is 3. The van der Waals surface area contributed by atoms with E-state index in [0.717, 1.165) is 0 Å². The highest BCUT2D eigenvalue weighted by Crippen LogP contribution is 2.13. The van der Waals surface area contributed by atoms with Crippen LogP contribution in [0.5, 0.6) is 5.88 Å². The van der Waals surface area contributed by atoms with Crippen molar-refractivity contribution in [1.82, 2.24) is 14.5 Å². The van der Waals surface area contributed by atoms with Gasteiger partial charge in [-0.2, -0.15) is 4.39 Å². The Morgan fingerprint density at radius 1 is 1.41 bits per heavy atom. The monoisotopic (exact) mass is 237 g/mol. The summed E-state index contributed by atoms with van der Waals surface area (Å²) in [4.78, 5) is 28.0. The topological polar surface area (TPSA) is 88.0 Å². The molecule has 0 aliphatic rings. The highest BCUT2D eigenvalue weighted by atomic mass is 19.1. The molecule has 0 unspecified atom stereocenters. The summed E-state index contributed by atoms with van der Waals surface area (Å²) >= 11 is 0. The van der Waals surface area contributed by atoms with Gasteiger partial charge in [-0.25, -0.2) is 9.36 Å². The predicted molar refractivity (Wildman–Crippen MR) is 56.8 cm³/mol. The summed E-state index contributed by atoms with van der Waals surface area (Å²) in [5.41, 5.74) is -1.33. The third-order valence-corrected chi connectivity index (χ3v) is 2.18. The molecule has 0 atom stereocenters. The van der Waals surface area contributed by atoms with E-state index in [0.29, 0.717) is 10.3 Å². The molecule has 0 bridgehead atoms. The third kappa shape index (κ3) is 1.82. The molecule has 0 radical (unpaired) electrons. The fourth-order valence-corrected chi connectivity index (χ4v) is 1.34. The molecule has 2 rings (SSSR count). The number of aryl methyl sites for hydroxylation is 1. The number of pyridine rings is 1. The quantitative estimate of drug-likeness (QED) is 0.734. The summed E-state index contributed by atoms with van der Waals surface area (Å²) in [5.74, 6) is -2.45. The second kappa shape index (κ2) is 3.85. The molecule has 2 heterocycles. The minimum Gasteiger partial charge on any atom is -0.492 e. The minimum atomic E-state index is -1.41. The summed E-state index contributed by atoms with van der Waals surface area (Å²) in [6, 6.07) is 3.06. The highest BCUT2D eigenvalue weighted by molar-refractivity contribution is 5.33. The Balaban J connectivity index is 2.76. The molecule has 2 aromatic rings. The van der Waals surface area contributed by atoms with E-state index in [-0.39, 0.29) is 5.69 Å². The lowest BCUT2D eigenvalue weighted by Crippen LogP contribution is -2.30. The van der Waals surface area contributed by atoms with Gasteiger partial charge in [-0.05, 0) is 19.1 Å². The lowest BCUT2D eigenvalue weighted by molar-refractivity contribution is 0.386. The van der Waals surface area contributed by atoms with Crippen molar-refractivity contribution >= 4 is 0 Å². The molecule has 0 aliphatic carbocycles. The first-order valence-electron chi connectivity index (χ1n) is 4.67. The van der Waals surface area contributed by atoms with Crippen molar-refractivity contribution < 1.29 is 9.50 Å². The molecule has 2 aromatic heterocycles. The first-order chi connectivity index (χ1) is 8.00. The van der Waals surface area contributed by atoms with Gasteiger partial charge >= 0.3 is 5.69 Å². The molecular formula is C10H8FN3O3. The number of halogens is 1. The Labute approximate surface area is 94.0 Å². The van der Waals surface area contributed by atoms with E-state index in [1.54, 1.807) is 18.0 Å². The predicted octanol–water partition coefficient (Wildman–Crippen LogP) is 0.0739. The van der Waals surface area contributed by atoms with Crippen molar-refractivity contribution in [3.8, 4) is 11.6 Å². The van der Waals surface area contributed by atoms with Gasteiger partial charge in [0.15, 0.2) is 0 Å². The van der Waals surface area contributed by atoms with Crippen LogP contribution in [0.2, 0.25) is 0 Å². The van der Waals surface area contributed by atoms with Crippen molar-refractivity contribution in [2.75, 3.05) is 0 Å². The molecule has 17 heavy (non-hydrogen) atoms. The lowest BCUT2D eigenvalue weighted by atomic mass is 10.3. The first kappa shape index (κ1) is 11.1. The molecule has 0 aliphatic heterocycles. The fraction of sp³-hybridized carbons (Fsp3) is 0.100. The third-order valence-electron chi connectivity index (χ3n) is 2.18. The van der Waals surface area contributed by atoms with Crippen LogP contribution >= 0.6 is 0 Å². The van der Waals surface area contributed by atoms with Crippen LogP contribution in [0.1, 0.15) is 5.69 Å². The average Bonchev–Trinajstić information content (AvgIpc) is 2.29. The zero-order chi connectivity index (χ0) is 12.6. The summed E-state index contributed by atoms with van der Waals surface area (Å²) in [6.45, 7) is 1.74. The van der Waals surface area contributed by atoms with Gasteiger partial charge in [-0.3, -0.25) is 14.8 Å². The van der Waals surface area contributed by atoms with Gasteiger partial charge in [-0.15, -0.1) is 0 Å². The Kier molecular flexibility index (Phi) is 2.51. The van der Waals surface area contributed by atoms with E-state index in [9.17, 15) is 19.1 Å². The molecule has 0 amide bonds. The Morgan fingerprint density at radius 2 is 2.12 bits per heavy atom. The van der Waals surface area contributed by atoms with Gasteiger partial charge in [0.1, 0.15) is 0 Å². The number of rotatable bonds is 1. The number of hydrogen-bond acceptors (Lipinski definition) is 4. The maximum Gasteiger partial charge on any atom is 0.335 e. The molecule has 88 valence electrons. The summed E-state index contributed by atoms with van der Waals surface area (Å²) in [7, 11) is 0. The van der Waals surface area contributed by atoms with Crippen LogP contribution < -0.4 is 11.2 Å². The molecule has 6 nitrogen and oxygen atoms in total. The maximum absolute atomic E-state index is 13.2. The second-order valence-corrected chi connectivity index (χ2v) is 3.39. The van der Waals surface area contributed by atoms with Crippen LogP contribution in [0.3, 0.4) is 0 Å². The molecule has 2 N–H and O–H groups in total. The minimum absolute atomic E-state index is 0.160. The van der Waals surface area contributed by atoms with Gasteiger partial charge in [0.2, 0.25) is 11.7 Å². The number of hydrogen-bond donors (Lipinski definition) is 2. The van der Waals surface area contributed by atoms with Crippen molar-refractivity contribution in [2.24, 2.45) is 0 Å². The SMILES string of the molecule is Cc1ccc(-n2c(O)c(F)c(=O)[nH]c2=O)cn1. The molecule has 7 heteroatoms. The largest absolute Gasteiger partial charge is 0.492 e. The van der Waals surface area contributed by atoms with Crippen LogP contribution in [0.4, 0.5) is 4.39 Å². The van der Waals surface area contributed by atoms with Gasteiger partial charge in [-0.1, -0.05) is 0 Å². The molecule has 0 saturated heterocycles. The fourth-order valence-electron chi connectivity index (χ4n) is 1.34. The Hall–Kier alpha value is -2.44. The normalized spacial score (nSPS) is 10.5. The van der Waals surface area contributed by atoms with Gasteiger partial charge in [0, 0.05) is 5.69 Å². The zero-order valence-corrected chi connectivity index (χ0v) is 8.77. The molecule has 0 saturated carbocycles. The van der Waals surface area contributed by atoms with E-state index in [1.807, 2.05) is 0 Å². The van der Waals surface area contributed by atoms with Crippen molar-refractivity contribution in [2.45, 2.75) is 6.92 Å². The Bertz CT molecular complexity index is 673. The highest BCUT2D eigenvalue weighted by Gasteiger charge is 2.14. The summed E-state index contributed by atoms with van der Waals surface area (Å²) in [5, 5.41) is 9.42. The van der Waals surface area contributed by atoms with E-state index in [2.05, 4.69) is 4.98 Å². The van der Waals surface area contributed by atoms with Crippen LogP contribution in [-0.4, -0.2) is 19.6 Å². The molecular weight excluding hydrogens is 229 g/mol. The van der Waals surface area contributed by atoms with Crippen LogP contribution in [0.25, 0.3) is 5.69 Å². The molecule has 0 aromatic carbocycles. The van der Waals surface area contributed by atoms with E-state index in [1.165, 1.54) is 12.3 Å². The second-order valence-electron chi connectivity index (χ2n) is 3.39. The first-order valence-corrected chi connectivity index (χ1v) is 4.67. The zero-order valence-electron chi connectivity index (χ0n) is 8.77.